The first kappa shape index (κ1) is 18.3. The average molecular weight is 359 g/mol. The summed E-state index contributed by atoms with van der Waals surface area (Å²) in [4.78, 5) is 13.0. The summed E-state index contributed by atoms with van der Waals surface area (Å²) in [7, 11) is 1.79. The van der Waals surface area contributed by atoms with Gasteiger partial charge in [-0.25, -0.2) is 0 Å². The first-order valence-electron chi connectivity index (χ1n) is 8.68. The summed E-state index contributed by atoms with van der Waals surface area (Å²) < 4.78 is 13.5. The van der Waals surface area contributed by atoms with Crippen molar-refractivity contribution >= 4 is 11.7 Å². The molecule has 0 saturated carbocycles. The van der Waals surface area contributed by atoms with E-state index in [0.29, 0.717) is 23.9 Å². The van der Waals surface area contributed by atoms with E-state index in [4.69, 9.17) is 9.47 Å². The molecule has 0 aliphatic carbocycles. The minimum Gasteiger partial charge on any atom is -0.493 e. The van der Waals surface area contributed by atoms with E-state index in [0.717, 1.165) is 5.56 Å². The molecule has 2 N–H and O–H groups in total. The Morgan fingerprint density at radius 2 is 2.23 bits per heavy atom. The number of hydrogen-bond acceptors (Lipinski definition) is 5. The molecular weight excluding hydrogens is 334 g/mol. The molecule has 2 heterocycles. The van der Waals surface area contributed by atoms with Crippen LogP contribution in [0.15, 0.2) is 30.5 Å². The van der Waals surface area contributed by atoms with Gasteiger partial charge in [-0.15, -0.1) is 0 Å². The Kier molecular flexibility index (Phi) is 4.91. The van der Waals surface area contributed by atoms with E-state index in [1.54, 1.807) is 24.0 Å². The highest BCUT2D eigenvalue weighted by atomic mass is 16.5. The smallest absolute Gasteiger partial charge is 0.237 e. The van der Waals surface area contributed by atoms with Crippen LogP contribution in [0.3, 0.4) is 0 Å². The monoisotopic (exact) mass is 359 g/mol. The van der Waals surface area contributed by atoms with Crippen LogP contribution in [0.1, 0.15) is 32.3 Å². The molecule has 26 heavy (non-hydrogen) atoms. The molecule has 0 bridgehead atoms. The van der Waals surface area contributed by atoms with Gasteiger partial charge in [0.15, 0.2) is 5.82 Å². The first-order chi connectivity index (χ1) is 12.3. The van der Waals surface area contributed by atoms with Gasteiger partial charge in [-0.3, -0.25) is 9.48 Å². The number of ether oxygens (including phenoxy) is 2. The van der Waals surface area contributed by atoms with Gasteiger partial charge in [-0.05, 0) is 26.0 Å². The van der Waals surface area contributed by atoms with Gasteiger partial charge in [0.25, 0.3) is 0 Å². The van der Waals surface area contributed by atoms with Crippen molar-refractivity contribution in [1.29, 1.82) is 0 Å². The van der Waals surface area contributed by atoms with Crippen LogP contribution in [0, 0.1) is 5.92 Å². The maximum Gasteiger partial charge on any atom is 0.237 e. The molecule has 1 aromatic carbocycles. The second-order valence-electron chi connectivity index (χ2n) is 7.27. The molecule has 3 rings (SSSR count). The van der Waals surface area contributed by atoms with Gasteiger partial charge in [-0.2, -0.15) is 5.10 Å². The molecule has 1 amide bonds. The van der Waals surface area contributed by atoms with Crippen molar-refractivity contribution in [3.63, 3.8) is 0 Å². The number of carbonyl (C=O) groups is 1. The van der Waals surface area contributed by atoms with Crippen LogP contribution in [0.25, 0.3) is 0 Å². The minimum absolute atomic E-state index is 0.00184. The molecule has 1 aromatic heterocycles. The molecule has 7 heteroatoms. The molecule has 2 atom stereocenters. The van der Waals surface area contributed by atoms with Crippen LogP contribution in [-0.4, -0.2) is 39.6 Å². The number of fused-ring (bicyclic) bond motifs is 1. The number of hydrogen-bond donors (Lipinski definition) is 2. The van der Waals surface area contributed by atoms with E-state index < -0.39 is 11.5 Å². The fraction of sp³-hybridized carbons (Fsp3) is 0.474. The third-order valence-electron chi connectivity index (χ3n) is 4.45. The Morgan fingerprint density at radius 1 is 1.46 bits per heavy atom. The lowest BCUT2D eigenvalue weighted by atomic mass is 9.85. The van der Waals surface area contributed by atoms with Gasteiger partial charge < -0.3 is 19.9 Å². The minimum atomic E-state index is -0.719. The maximum atomic E-state index is 13.0. The third-order valence-corrected chi connectivity index (χ3v) is 4.45. The normalized spacial score (nSPS) is 18.7. The highest BCUT2D eigenvalue weighted by molar-refractivity contribution is 5.97. The van der Waals surface area contributed by atoms with Crippen LogP contribution in [0.2, 0.25) is 0 Å². The van der Waals surface area contributed by atoms with Crippen molar-refractivity contribution in [1.82, 2.24) is 9.78 Å². The summed E-state index contributed by atoms with van der Waals surface area (Å²) in [6.07, 6.45) is 1.77. The lowest BCUT2D eigenvalue weighted by Crippen LogP contribution is -2.38. The average Bonchev–Trinajstić information content (AvgIpc) is 3.11. The number of carbonyl (C=O) groups excluding carboxylic acids is 1. The number of nitrogens with zero attached hydrogens (tertiary/aromatic N) is 2. The number of aromatic nitrogens is 2. The predicted octanol–water partition coefficient (Wildman–Crippen LogP) is 2.32. The van der Waals surface area contributed by atoms with Gasteiger partial charge in [0, 0.05) is 31.8 Å². The van der Waals surface area contributed by atoms with Crippen LogP contribution in [0.4, 0.5) is 5.82 Å². The zero-order valence-corrected chi connectivity index (χ0v) is 15.5. The summed E-state index contributed by atoms with van der Waals surface area (Å²) in [5.74, 6) is 1.01. The van der Waals surface area contributed by atoms with Crippen molar-refractivity contribution in [3.05, 3.63) is 36.0 Å². The van der Waals surface area contributed by atoms with Gasteiger partial charge >= 0.3 is 0 Å². The SMILES string of the molecule is C[C@@H](CO)COc1cccc2c1C(C(=O)Nc1ccn(C)n1)C(C)(C)O2. The van der Waals surface area contributed by atoms with Gasteiger partial charge in [0.1, 0.15) is 23.0 Å². The third kappa shape index (κ3) is 3.53. The summed E-state index contributed by atoms with van der Waals surface area (Å²) in [6, 6.07) is 7.25. The van der Waals surface area contributed by atoms with Gasteiger partial charge in [-0.1, -0.05) is 13.0 Å². The summed E-state index contributed by atoms with van der Waals surface area (Å²) in [5.41, 5.74) is 0.0135. The van der Waals surface area contributed by atoms with E-state index in [1.807, 2.05) is 39.0 Å². The van der Waals surface area contributed by atoms with Crippen LogP contribution >= 0.6 is 0 Å². The summed E-state index contributed by atoms with van der Waals surface area (Å²) in [5, 5.41) is 16.3. The van der Waals surface area contributed by atoms with Crippen LogP contribution in [-0.2, 0) is 11.8 Å². The summed E-state index contributed by atoms with van der Waals surface area (Å²) in [6.45, 7) is 6.07. The molecular formula is C19H25N3O4. The van der Waals surface area contributed by atoms with E-state index in [-0.39, 0.29) is 18.4 Å². The number of rotatable bonds is 6. The first-order valence-corrected chi connectivity index (χ1v) is 8.68. The molecule has 0 radical (unpaired) electrons. The molecule has 7 nitrogen and oxygen atoms in total. The van der Waals surface area contributed by atoms with Crippen molar-refractivity contribution in [3.8, 4) is 11.5 Å². The van der Waals surface area contributed by atoms with E-state index >= 15 is 0 Å². The lowest BCUT2D eigenvalue weighted by molar-refractivity contribution is -0.120. The molecule has 140 valence electrons. The second kappa shape index (κ2) is 6.99. The molecule has 1 aliphatic heterocycles. The number of amides is 1. The second-order valence-corrected chi connectivity index (χ2v) is 7.27. The van der Waals surface area contributed by atoms with Crippen molar-refractivity contribution in [2.45, 2.75) is 32.3 Å². The van der Waals surface area contributed by atoms with Gasteiger partial charge in [0.05, 0.1) is 12.2 Å². The van der Waals surface area contributed by atoms with E-state index in [9.17, 15) is 9.90 Å². The molecule has 1 unspecified atom stereocenters. The quantitative estimate of drug-likeness (QED) is 0.827. The van der Waals surface area contributed by atoms with Crippen LogP contribution < -0.4 is 14.8 Å². The number of aryl methyl sites for hydroxylation is 1. The van der Waals surface area contributed by atoms with Crippen molar-refractivity contribution in [2.75, 3.05) is 18.5 Å². The zero-order valence-electron chi connectivity index (χ0n) is 15.5. The standard InChI is InChI=1S/C19H25N3O4/c1-12(10-23)11-25-13-6-5-7-14-16(13)17(19(2,3)26-14)18(24)20-15-8-9-22(4)21-15/h5-9,12,17,23H,10-11H2,1-4H3,(H,20,21,24)/t12-,17?/m0/s1. The Balaban J connectivity index is 1.90. The zero-order chi connectivity index (χ0) is 18.9. The molecule has 2 aromatic rings. The number of benzene rings is 1. The fourth-order valence-electron chi connectivity index (χ4n) is 3.12. The van der Waals surface area contributed by atoms with Gasteiger partial charge in [0.2, 0.25) is 5.91 Å². The number of nitrogens with one attached hydrogen (secondary N) is 1. The Labute approximate surface area is 152 Å². The molecule has 1 aliphatic rings. The highest BCUT2D eigenvalue weighted by Gasteiger charge is 2.47. The number of anilines is 1. The largest absolute Gasteiger partial charge is 0.493 e. The van der Waals surface area contributed by atoms with Crippen LogP contribution in [0.5, 0.6) is 11.5 Å². The van der Waals surface area contributed by atoms with E-state index in [1.165, 1.54) is 0 Å². The maximum absolute atomic E-state index is 13.0. The highest BCUT2D eigenvalue weighted by Crippen LogP contribution is 2.49. The molecule has 0 fully saturated rings. The molecule has 0 saturated heterocycles. The Hall–Kier alpha value is -2.54. The Morgan fingerprint density at radius 3 is 2.88 bits per heavy atom. The van der Waals surface area contributed by atoms with Crippen molar-refractivity contribution < 1.29 is 19.4 Å². The lowest BCUT2D eigenvalue weighted by Gasteiger charge is -2.25. The summed E-state index contributed by atoms with van der Waals surface area (Å²) >= 11 is 0. The number of aliphatic hydroxyl groups is 1. The van der Waals surface area contributed by atoms with E-state index in [2.05, 4.69) is 10.4 Å². The fourth-order valence-corrected chi connectivity index (χ4v) is 3.12. The topological polar surface area (TPSA) is 85.6 Å². The van der Waals surface area contributed by atoms with Crippen molar-refractivity contribution in [2.24, 2.45) is 13.0 Å². The Bertz CT molecular complexity index is 800. The predicted molar refractivity (Wildman–Crippen MR) is 97.5 cm³/mol. The number of aliphatic hydroxyl groups excluding tert-OH is 1. The molecule has 0 spiro atoms.